The standard InChI is InChI=1S/C31H35NO5/c1-2-35-29(33)19-11-21-36-27-18-9-12-24(22-27)13-10-20-32-28(23-37-31(32)34)30(25-14-5-3-6-15-25)26-16-7-4-8-17-26/h3-9,12,14-18,22,28,30H,2,10-11,13,19-21,23H2,1H3. The van der Waals surface area contributed by atoms with E-state index in [-0.39, 0.29) is 24.0 Å². The Hall–Kier alpha value is -3.80. The maximum atomic E-state index is 12.7. The summed E-state index contributed by atoms with van der Waals surface area (Å²) in [4.78, 5) is 26.1. The molecule has 1 atom stereocenters. The second-order valence-corrected chi connectivity index (χ2v) is 9.14. The molecule has 3 aromatic rings. The van der Waals surface area contributed by atoms with Crippen LogP contribution >= 0.6 is 0 Å². The van der Waals surface area contributed by atoms with Crippen LogP contribution in [0.5, 0.6) is 5.75 Å². The minimum Gasteiger partial charge on any atom is -0.494 e. The van der Waals surface area contributed by atoms with Gasteiger partial charge < -0.3 is 19.1 Å². The van der Waals surface area contributed by atoms with Crippen LogP contribution in [0.1, 0.15) is 48.8 Å². The maximum Gasteiger partial charge on any atom is 0.410 e. The average Bonchev–Trinajstić information content (AvgIpc) is 3.28. The predicted octanol–water partition coefficient (Wildman–Crippen LogP) is 5.99. The summed E-state index contributed by atoms with van der Waals surface area (Å²) in [6.07, 6.45) is 2.35. The summed E-state index contributed by atoms with van der Waals surface area (Å²) in [5, 5.41) is 0. The molecule has 0 aliphatic carbocycles. The third-order valence-corrected chi connectivity index (χ3v) is 6.58. The molecule has 0 saturated carbocycles. The molecule has 0 N–H and O–H groups in total. The van der Waals surface area contributed by atoms with Crippen LogP contribution in [-0.2, 0) is 20.7 Å². The molecular weight excluding hydrogens is 466 g/mol. The largest absolute Gasteiger partial charge is 0.494 e. The smallest absolute Gasteiger partial charge is 0.410 e. The fraction of sp³-hybridized carbons (Fsp3) is 0.355. The zero-order valence-corrected chi connectivity index (χ0v) is 21.4. The van der Waals surface area contributed by atoms with Crippen LogP contribution < -0.4 is 4.74 Å². The third kappa shape index (κ3) is 7.35. The molecule has 1 amide bonds. The molecular formula is C31H35NO5. The van der Waals surface area contributed by atoms with Crippen molar-refractivity contribution in [1.82, 2.24) is 4.90 Å². The quantitative estimate of drug-likeness (QED) is 0.212. The number of rotatable bonds is 13. The second-order valence-electron chi connectivity index (χ2n) is 9.14. The summed E-state index contributed by atoms with van der Waals surface area (Å²) in [5.74, 6) is 0.633. The maximum absolute atomic E-state index is 12.7. The highest BCUT2D eigenvalue weighted by atomic mass is 16.6. The van der Waals surface area contributed by atoms with Gasteiger partial charge in [0, 0.05) is 18.9 Å². The van der Waals surface area contributed by atoms with Crippen molar-refractivity contribution in [2.24, 2.45) is 0 Å². The number of carbonyl (C=O) groups excluding carboxylic acids is 2. The Balaban J connectivity index is 1.35. The molecule has 1 fully saturated rings. The number of esters is 1. The van der Waals surface area contributed by atoms with Crippen molar-refractivity contribution in [3.63, 3.8) is 0 Å². The molecule has 4 rings (SSSR count). The zero-order valence-electron chi connectivity index (χ0n) is 21.4. The molecule has 6 heteroatoms. The highest BCUT2D eigenvalue weighted by Gasteiger charge is 2.39. The fourth-order valence-corrected chi connectivity index (χ4v) is 4.84. The molecule has 1 aliphatic rings. The number of aryl methyl sites for hydroxylation is 1. The molecule has 0 bridgehead atoms. The Morgan fingerprint density at radius 3 is 2.35 bits per heavy atom. The minimum atomic E-state index is -0.249. The average molecular weight is 502 g/mol. The number of hydrogen-bond donors (Lipinski definition) is 0. The third-order valence-electron chi connectivity index (χ3n) is 6.58. The van der Waals surface area contributed by atoms with Gasteiger partial charge in [-0.2, -0.15) is 0 Å². The van der Waals surface area contributed by atoms with Gasteiger partial charge in [-0.3, -0.25) is 4.79 Å². The van der Waals surface area contributed by atoms with Gasteiger partial charge in [0.05, 0.1) is 19.3 Å². The first-order valence-corrected chi connectivity index (χ1v) is 13.1. The van der Waals surface area contributed by atoms with E-state index in [2.05, 4.69) is 30.3 Å². The van der Waals surface area contributed by atoms with Crippen molar-refractivity contribution >= 4 is 12.1 Å². The van der Waals surface area contributed by atoms with Crippen molar-refractivity contribution in [2.75, 3.05) is 26.4 Å². The van der Waals surface area contributed by atoms with Gasteiger partial charge in [-0.05, 0) is 55.0 Å². The topological polar surface area (TPSA) is 65.1 Å². The number of nitrogens with zero attached hydrogens (tertiary/aromatic N) is 1. The van der Waals surface area contributed by atoms with Crippen LogP contribution in [0, 0.1) is 0 Å². The summed E-state index contributed by atoms with van der Waals surface area (Å²) < 4.78 is 16.3. The Bertz CT molecular complexity index is 1100. The molecule has 37 heavy (non-hydrogen) atoms. The summed E-state index contributed by atoms with van der Waals surface area (Å²) in [7, 11) is 0. The second kappa shape index (κ2) is 13.5. The van der Waals surface area contributed by atoms with Crippen LogP contribution in [-0.4, -0.2) is 49.4 Å². The number of ether oxygens (including phenoxy) is 3. The van der Waals surface area contributed by atoms with E-state index in [0.717, 1.165) is 24.2 Å². The number of hydrogen-bond acceptors (Lipinski definition) is 5. The van der Waals surface area contributed by atoms with E-state index in [1.165, 1.54) is 11.1 Å². The summed E-state index contributed by atoms with van der Waals surface area (Å²) in [5.41, 5.74) is 3.50. The SMILES string of the molecule is CCOC(=O)CCCOc1cccc(CCCN2C(=O)OCC2C(c2ccccc2)c2ccccc2)c1. The van der Waals surface area contributed by atoms with Gasteiger partial charge in [-0.15, -0.1) is 0 Å². The molecule has 6 nitrogen and oxygen atoms in total. The fourth-order valence-electron chi connectivity index (χ4n) is 4.84. The zero-order chi connectivity index (χ0) is 25.9. The van der Waals surface area contributed by atoms with E-state index in [4.69, 9.17) is 14.2 Å². The molecule has 3 aromatic carbocycles. The lowest BCUT2D eigenvalue weighted by atomic mass is 9.85. The number of amides is 1. The Labute approximate surface area is 219 Å². The lowest BCUT2D eigenvalue weighted by molar-refractivity contribution is -0.143. The van der Waals surface area contributed by atoms with Gasteiger partial charge in [0.15, 0.2) is 0 Å². The van der Waals surface area contributed by atoms with Crippen LogP contribution in [0.3, 0.4) is 0 Å². The molecule has 0 radical (unpaired) electrons. The summed E-state index contributed by atoms with van der Waals surface area (Å²) in [6.45, 7) is 3.66. The highest BCUT2D eigenvalue weighted by Crippen LogP contribution is 2.34. The van der Waals surface area contributed by atoms with Crippen LogP contribution in [0.25, 0.3) is 0 Å². The molecule has 194 valence electrons. The van der Waals surface area contributed by atoms with Gasteiger partial charge in [-0.25, -0.2) is 4.79 Å². The Morgan fingerprint density at radius 2 is 1.68 bits per heavy atom. The summed E-state index contributed by atoms with van der Waals surface area (Å²) >= 11 is 0. The lowest BCUT2D eigenvalue weighted by Crippen LogP contribution is -2.39. The number of cyclic esters (lactones) is 1. The summed E-state index contributed by atoms with van der Waals surface area (Å²) in [6, 6.07) is 28.6. The lowest BCUT2D eigenvalue weighted by Gasteiger charge is -2.30. The molecule has 0 spiro atoms. The Kier molecular flexibility index (Phi) is 9.58. The van der Waals surface area contributed by atoms with Gasteiger partial charge in [-0.1, -0.05) is 72.8 Å². The van der Waals surface area contributed by atoms with E-state index in [9.17, 15) is 9.59 Å². The van der Waals surface area contributed by atoms with Crippen LogP contribution in [0.4, 0.5) is 4.79 Å². The molecule has 1 unspecified atom stereocenters. The number of carbonyl (C=O) groups is 2. The predicted molar refractivity (Wildman–Crippen MR) is 143 cm³/mol. The van der Waals surface area contributed by atoms with E-state index < -0.39 is 0 Å². The van der Waals surface area contributed by atoms with Crippen LogP contribution in [0.2, 0.25) is 0 Å². The van der Waals surface area contributed by atoms with Gasteiger partial charge >= 0.3 is 12.1 Å². The van der Waals surface area contributed by atoms with Gasteiger partial charge in [0.2, 0.25) is 0 Å². The first-order chi connectivity index (χ1) is 18.2. The van der Waals surface area contributed by atoms with E-state index in [0.29, 0.717) is 39.2 Å². The van der Waals surface area contributed by atoms with Crippen molar-refractivity contribution in [3.05, 3.63) is 102 Å². The Morgan fingerprint density at radius 1 is 0.973 bits per heavy atom. The van der Waals surface area contributed by atoms with E-state index in [1.807, 2.05) is 59.5 Å². The first-order valence-electron chi connectivity index (χ1n) is 13.1. The van der Waals surface area contributed by atoms with Crippen LogP contribution in [0.15, 0.2) is 84.9 Å². The van der Waals surface area contributed by atoms with Crippen molar-refractivity contribution in [3.8, 4) is 5.75 Å². The highest BCUT2D eigenvalue weighted by molar-refractivity contribution is 5.70. The molecule has 0 aromatic heterocycles. The van der Waals surface area contributed by atoms with Crippen molar-refractivity contribution < 1.29 is 23.8 Å². The first kappa shape index (κ1) is 26.3. The molecule has 1 aliphatic heterocycles. The molecule has 1 heterocycles. The number of benzene rings is 3. The molecule has 1 saturated heterocycles. The normalized spacial score (nSPS) is 15.0. The van der Waals surface area contributed by atoms with E-state index in [1.54, 1.807) is 6.92 Å². The van der Waals surface area contributed by atoms with E-state index >= 15 is 0 Å². The van der Waals surface area contributed by atoms with Crippen molar-refractivity contribution in [2.45, 2.75) is 44.6 Å². The van der Waals surface area contributed by atoms with Gasteiger partial charge in [0.1, 0.15) is 12.4 Å². The van der Waals surface area contributed by atoms with Gasteiger partial charge in [0.25, 0.3) is 0 Å². The van der Waals surface area contributed by atoms with Crippen molar-refractivity contribution in [1.29, 1.82) is 0 Å². The monoisotopic (exact) mass is 501 g/mol. The minimum absolute atomic E-state index is 0.0418.